The Kier molecular flexibility index (Phi) is 8.59. The fourth-order valence-electron chi connectivity index (χ4n) is 2.51. The van der Waals surface area contributed by atoms with Crippen molar-refractivity contribution in [3.8, 4) is 0 Å². The van der Waals surface area contributed by atoms with Crippen molar-refractivity contribution in [2.45, 2.75) is 44.8 Å². The third-order valence-electron chi connectivity index (χ3n) is 3.62. The quantitative estimate of drug-likeness (QED) is 0.641. The first-order valence-electron chi connectivity index (χ1n) is 7.13. The fraction of sp³-hybridized carbons (Fsp3) is 1.00. The van der Waals surface area contributed by atoms with Gasteiger partial charge in [-0.3, -0.25) is 0 Å². The molecule has 1 saturated carbocycles. The molecule has 1 N–H and O–H groups in total. The molecule has 0 aromatic carbocycles. The molecule has 1 rings (SSSR count). The third-order valence-corrected chi connectivity index (χ3v) is 3.62. The maximum absolute atomic E-state index is 5.94. The molecule has 0 aromatic rings. The summed E-state index contributed by atoms with van der Waals surface area (Å²) in [7, 11) is 3.74. The maximum Gasteiger partial charge on any atom is 0.0731 e. The molecule has 0 amide bonds. The van der Waals surface area contributed by atoms with Crippen LogP contribution in [0.1, 0.15) is 32.6 Å². The van der Waals surface area contributed by atoms with Gasteiger partial charge in [0.15, 0.2) is 0 Å². The highest BCUT2D eigenvalue weighted by atomic mass is 16.5. The molecule has 0 heterocycles. The number of nitrogens with one attached hydrogen (secondary N) is 1. The van der Waals surface area contributed by atoms with Crippen LogP contribution in [0.25, 0.3) is 0 Å². The van der Waals surface area contributed by atoms with Gasteiger partial charge in [-0.1, -0.05) is 6.92 Å². The van der Waals surface area contributed by atoms with E-state index in [1.54, 1.807) is 7.11 Å². The molecule has 108 valence electrons. The fourth-order valence-corrected chi connectivity index (χ4v) is 2.51. The van der Waals surface area contributed by atoms with Gasteiger partial charge in [0.05, 0.1) is 19.3 Å². The van der Waals surface area contributed by atoms with Gasteiger partial charge in [0.1, 0.15) is 0 Å². The second kappa shape index (κ2) is 9.73. The van der Waals surface area contributed by atoms with Gasteiger partial charge in [-0.05, 0) is 38.6 Å². The smallest absolute Gasteiger partial charge is 0.0731 e. The summed E-state index contributed by atoms with van der Waals surface area (Å²) >= 11 is 0. The van der Waals surface area contributed by atoms with Crippen LogP contribution in [0.4, 0.5) is 0 Å². The lowest BCUT2D eigenvalue weighted by molar-refractivity contribution is -0.0344. The van der Waals surface area contributed by atoms with Crippen molar-refractivity contribution in [1.29, 1.82) is 0 Å². The molecule has 1 fully saturated rings. The lowest BCUT2D eigenvalue weighted by Gasteiger charge is -2.34. The van der Waals surface area contributed by atoms with E-state index in [4.69, 9.17) is 14.2 Å². The van der Waals surface area contributed by atoms with Crippen LogP contribution >= 0.6 is 0 Å². The molecule has 0 spiro atoms. The van der Waals surface area contributed by atoms with E-state index in [0.29, 0.717) is 25.4 Å². The summed E-state index contributed by atoms with van der Waals surface area (Å²) in [6.07, 6.45) is 4.99. The molecule has 0 aromatic heterocycles. The van der Waals surface area contributed by atoms with Crippen LogP contribution in [0.5, 0.6) is 0 Å². The summed E-state index contributed by atoms with van der Waals surface area (Å²) in [5.74, 6) is 0.780. The lowest BCUT2D eigenvalue weighted by Crippen LogP contribution is -2.44. The van der Waals surface area contributed by atoms with Crippen LogP contribution in [-0.2, 0) is 14.2 Å². The first-order chi connectivity index (χ1) is 8.77. The number of likely N-dealkylation sites (N-methyl/N-ethyl adjacent to an activating group) is 1. The van der Waals surface area contributed by atoms with Crippen LogP contribution in [-0.4, -0.2) is 52.7 Å². The summed E-state index contributed by atoms with van der Waals surface area (Å²) in [6, 6.07) is 0.509. The van der Waals surface area contributed by atoms with Crippen molar-refractivity contribution in [1.82, 2.24) is 5.32 Å². The summed E-state index contributed by atoms with van der Waals surface area (Å²) in [4.78, 5) is 0. The van der Waals surface area contributed by atoms with Gasteiger partial charge < -0.3 is 19.5 Å². The van der Waals surface area contributed by atoms with Gasteiger partial charge >= 0.3 is 0 Å². The number of rotatable bonds is 9. The van der Waals surface area contributed by atoms with E-state index < -0.39 is 0 Å². The highest BCUT2D eigenvalue weighted by Crippen LogP contribution is 2.26. The maximum atomic E-state index is 5.94. The van der Waals surface area contributed by atoms with Crippen LogP contribution in [0, 0.1) is 5.92 Å². The Hall–Kier alpha value is -0.160. The van der Waals surface area contributed by atoms with Gasteiger partial charge in [0, 0.05) is 26.4 Å². The van der Waals surface area contributed by atoms with Crippen LogP contribution < -0.4 is 5.32 Å². The Morgan fingerprint density at radius 3 is 2.67 bits per heavy atom. The van der Waals surface area contributed by atoms with Crippen LogP contribution in [0.3, 0.4) is 0 Å². The summed E-state index contributed by atoms with van der Waals surface area (Å²) in [5.41, 5.74) is 0. The third kappa shape index (κ3) is 6.14. The predicted molar refractivity (Wildman–Crippen MR) is 72.9 cm³/mol. The molecule has 4 heteroatoms. The molecule has 1 aliphatic rings. The van der Waals surface area contributed by atoms with E-state index in [0.717, 1.165) is 32.0 Å². The lowest BCUT2D eigenvalue weighted by atomic mass is 9.85. The minimum absolute atomic E-state index is 0.348. The average Bonchev–Trinajstić information content (AvgIpc) is 2.38. The summed E-state index contributed by atoms with van der Waals surface area (Å²) in [5, 5.41) is 3.36. The van der Waals surface area contributed by atoms with Gasteiger partial charge in [0.2, 0.25) is 0 Å². The zero-order chi connectivity index (χ0) is 13.2. The standard InChI is InChI=1S/C14H29NO3/c1-12-5-6-13(15-2)14(11-12)18-10-9-17-8-4-7-16-3/h12-15H,4-11H2,1-3H3. The summed E-state index contributed by atoms with van der Waals surface area (Å²) in [6.45, 7) is 5.22. The van der Waals surface area contributed by atoms with Gasteiger partial charge in [-0.2, -0.15) is 0 Å². The zero-order valence-corrected chi connectivity index (χ0v) is 12.1. The van der Waals surface area contributed by atoms with E-state index in [1.807, 2.05) is 7.05 Å². The molecule has 18 heavy (non-hydrogen) atoms. The Labute approximate surface area is 111 Å². The summed E-state index contributed by atoms with van der Waals surface area (Å²) < 4.78 is 16.4. The average molecular weight is 259 g/mol. The first-order valence-corrected chi connectivity index (χ1v) is 7.13. The number of hydrogen-bond donors (Lipinski definition) is 1. The molecule has 0 aliphatic heterocycles. The molecular weight excluding hydrogens is 230 g/mol. The van der Waals surface area contributed by atoms with Gasteiger partial charge in [-0.15, -0.1) is 0 Å². The molecule has 0 saturated heterocycles. The Balaban J connectivity index is 2.05. The van der Waals surface area contributed by atoms with Gasteiger partial charge in [0.25, 0.3) is 0 Å². The van der Waals surface area contributed by atoms with Crippen molar-refractivity contribution >= 4 is 0 Å². The highest BCUT2D eigenvalue weighted by molar-refractivity contribution is 4.83. The van der Waals surface area contributed by atoms with Crippen LogP contribution in [0.15, 0.2) is 0 Å². The second-order valence-corrected chi connectivity index (χ2v) is 5.18. The van der Waals surface area contributed by atoms with Crippen molar-refractivity contribution in [2.24, 2.45) is 5.92 Å². The largest absolute Gasteiger partial charge is 0.385 e. The minimum atomic E-state index is 0.348. The van der Waals surface area contributed by atoms with Crippen molar-refractivity contribution in [3.63, 3.8) is 0 Å². The highest BCUT2D eigenvalue weighted by Gasteiger charge is 2.27. The zero-order valence-electron chi connectivity index (χ0n) is 12.1. The monoisotopic (exact) mass is 259 g/mol. The minimum Gasteiger partial charge on any atom is -0.385 e. The normalized spacial score (nSPS) is 28.5. The first kappa shape index (κ1) is 15.9. The number of hydrogen-bond acceptors (Lipinski definition) is 4. The molecule has 3 atom stereocenters. The number of ether oxygens (including phenoxy) is 3. The molecule has 0 radical (unpaired) electrons. The topological polar surface area (TPSA) is 39.7 Å². The van der Waals surface area contributed by atoms with Gasteiger partial charge in [-0.25, -0.2) is 0 Å². The van der Waals surface area contributed by atoms with Crippen molar-refractivity contribution < 1.29 is 14.2 Å². The Morgan fingerprint density at radius 2 is 1.94 bits per heavy atom. The van der Waals surface area contributed by atoms with Crippen molar-refractivity contribution in [3.05, 3.63) is 0 Å². The molecular formula is C14H29NO3. The second-order valence-electron chi connectivity index (χ2n) is 5.18. The Morgan fingerprint density at radius 1 is 1.11 bits per heavy atom. The van der Waals surface area contributed by atoms with E-state index in [9.17, 15) is 0 Å². The predicted octanol–water partition coefficient (Wildman–Crippen LogP) is 1.83. The number of methoxy groups -OCH3 is 1. The SMILES string of the molecule is CNC1CCC(C)CC1OCCOCCCOC. The Bertz CT molecular complexity index is 201. The van der Waals surface area contributed by atoms with E-state index in [1.165, 1.54) is 12.8 Å². The molecule has 0 bridgehead atoms. The molecule has 3 unspecified atom stereocenters. The molecule has 4 nitrogen and oxygen atoms in total. The van der Waals surface area contributed by atoms with Crippen LogP contribution in [0.2, 0.25) is 0 Å². The van der Waals surface area contributed by atoms with E-state index >= 15 is 0 Å². The van der Waals surface area contributed by atoms with Crippen molar-refractivity contribution in [2.75, 3.05) is 40.6 Å². The van der Waals surface area contributed by atoms with E-state index in [2.05, 4.69) is 12.2 Å². The molecule has 1 aliphatic carbocycles. The van der Waals surface area contributed by atoms with E-state index in [-0.39, 0.29) is 0 Å².